The van der Waals surface area contributed by atoms with Crippen molar-refractivity contribution < 1.29 is 15.3 Å². The third-order valence-corrected chi connectivity index (χ3v) is 5.45. The lowest BCUT2D eigenvalue weighted by Crippen LogP contribution is -2.46. The quantitative estimate of drug-likeness (QED) is 0.550. The van der Waals surface area contributed by atoms with E-state index in [1.54, 1.807) is 9.47 Å². The first kappa shape index (κ1) is 20.4. The number of nitrogens with zero attached hydrogens (tertiary/aromatic N) is 3. The Balaban J connectivity index is 1.80. The molecule has 3 aromatic rings. The molecule has 1 aliphatic rings. The smallest absolute Gasteiger partial charge is 0.288 e. The molecule has 0 spiro atoms. The highest BCUT2D eigenvalue weighted by molar-refractivity contribution is 5.34. The molecule has 2 heterocycles. The Morgan fingerprint density at radius 1 is 1.00 bits per heavy atom. The van der Waals surface area contributed by atoms with E-state index in [2.05, 4.69) is 0 Å². The van der Waals surface area contributed by atoms with Gasteiger partial charge >= 0.3 is 0 Å². The van der Waals surface area contributed by atoms with Crippen LogP contribution in [-0.4, -0.2) is 48.8 Å². The average molecular weight is 407 g/mol. The zero-order chi connectivity index (χ0) is 21.3. The molecule has 0 radical (unpaired) electrons. The van der Waals surface area contributed by atoms with Crippen molar-refractivity contribution in [3.05, 3.63) is 99.2 Å². The Morgan fingerprint density at radius 2 is 1.57 bits per heavy atom. The van der Waals surface area contributed by atoms with Crippen LogP contribution in [0.15, 0.2) is 65.5 Å². The lowest BCUT2D eigenvalue weighted by Gasteiger charge is -2.32. The average Bonchev–Trinajstić information content (AvgIpc) is 2.71. The second-order valence-electron chi connectivity index (χ2n) is 7.72. The first-order chi connectivity index (χ1) is 14.3. The number of aromatic nitrogens is 2. The van der Waals surface area contributed by atoms with Gasteiger partial charge in [0.15, 0.2) is 0 Å². The summed E-state index contributed by atoms with van der Waals surface area (Å²) in [5, 5.41) is 27.8. The van der Waals surface area contributed by atoms with E-state index in [-0.39, 0.29) is 24.7 Å². The summed E-state index contributed by atoms with van der Waals surface area (Å²) >= 11 is 0. The number of rotatable bonds is 5. The van der Waals surface area contributed by atoms with E-state index in [0.29, 0.717) is 30.0 Å². The van der Waals surface area contributed by atoms with E-state index >= 15 is 0 Å². The summed E-state index contributed by atoms with van der Waals surface area (Å²) in [4.78, 5) is 19.9. The van der Waals surface area contributed by atoms with Gasteiger partial charge in [0.1, 0.15) is 5.82 Å². The van der Waals surface area contributed by atoms with Crippen molar-refractivity contribution in [2.75, 3.05) is 13.1 Å². The topological polar surface area (TPSA) is 98.8 Å². The van der Waals surface area contributed by atoms with Crippen LogP contribution in [0.2, 0.25) is 0 Å². The number of aryl methyl sites for hydroxylation is 1. The van der Waals surface area contributed by atoms with Crippen LogP contribution < -0.4 is 5.56 Å². The maximum Gasteiger partial charge on any atom is 0.288 e. The van der Waals surface area contributed by atoms with E-state index in [1.807, 2.05) is 67.6 Å². The number of benzene rings is 2. The van der Waals surface area contributed by atoms with Crippen molar-refractivity contribution in [1.29, 1.82) is 0 Å². The van der Waals surface area contributed by atoms with Crippen LogP contribution in [0, 0.1) is 6.92 Å². The van der Waals surface area contributed by atoms with Crippen LogP contribution in [0.5, 0.6) is 0 Å². The van der Waals surface area contributed by atoms with Crippen molar-refractivity contribution in [2.45, 2.75) is 31.9 Å². The molecule has 1 aliphatic heterocycles. The fraction of sp³-hybridized carbons (Fsp3) is 0.304. The molecule has 30 heavy (non-hydrogen) atoms. The molecule has 0 amide bonds. The van der Waals surface area contributed by atoms with Gasteiger partial charge in [0.2, 0.25) is 0 Å². The van der Waals surface area contributed by atoms with Crippen LogP contribution in [0.4, 0.5) is 0 Å². The van der Waals surface area contributed by atoms with Gasteiger partial charge in [-0.2, -0.15) is 0 Å². The van der Waals surface area contributed by atoms with Gasteiger partial charge in [0, 0.05) is 18.7 Å². The minimum atomic E-state index is -2.77. The molecule has 4 rings (SSSR count). The highest BCUT2D eigenvalue weighted by Gasteiger charge is 2.30. The van der Waals surface area contributed by atoms with Crippen molar-refractivity contribution in [3.8, 4) is 0 Å². The predicted molar refractivity (Wildman–Crippen MR) is 112 cm³/mol. The zero-order valence-corrected chi connectivity index (χ0v) is 16.8. The zero-order valence-electron chi connectivity index (χ0n) is 16.8. The van der Waals surface area contributed by atoms with Crippen LogP contribution in [-0.2, 0) is 13.0 Å². The lowest BCUT2D eigenvalue weighted by molar-refractivity contribution is -0.318. The SMILES string of the molecule is Cc1nc2c(c(=O)n1C(c1ccccc1)c1ccccc1)CCN(CC(O)(O)O)C2. The molecule has 0 atom stereocenters. The van der Waals surface area contributed by atoms with E-state index in [9.17, 15) is 20.1 Å². The first-order valence-electron chi connectivity index (χ1n) is 9.94. The summed E-state index contributed by atoms with van der Waals surface area (Å²) in [6, 6.07) is 19.5. The molecule has 3 N–H and O–H groups in total. The third-order valence-electron chi connectivity index (χ3n) is 5.45. The Kier molecular flexibility index (Phi) is 5.53. The largest absolute Gasteiger partial charge is 0.343 e. The molecule has 2 aromatic carbocycles. The van der Waals surface area contributed by atoms with Crippen molar-refractivity contribution in [2.24, 2.45) is 0 Å². The number of fused-ring (bicyclic) bond motifs is 1. The van der Waals surface area contributed by atoms with Gasteiger partial charge in [0.05, 0.1) is 18.3 Å². The minimum absolute atomic E-state index is 0.0851. The third kappa shape index (κ3) is 4.20. The standard InChI is InChI=1S/C23H25N3O4/c1-16-24-20-14-25(15-23(28,29)30)13-12-19(20)22(27)26(16)21(17-8-4-2-5-9-17)18-10-6-3-7-11-18/h2-11,21,28-30H,12-15H2,1H3. The van der Waals surface area contributed by atoms with E-state index in [4.69, 9.17) is 4.98 Å². The number of hydrogen-bond donors (Lipinski definition) is 3. The molecule has 0 saturated carbocycles. The van der Waals surface area contributed by atoms with Gasteiger partial charge in [-0.05, 0) is 24.5 Å². The summed E-state index contributed by atoms with van der Waals surface area (Å²) in [7, 11) is 0. The molecule has 7 nitrogen and oxygen atoms in total. The van der Waals surface area contributed by atoms with Crippen LogP contribution >= 0.6 is 0 Å². The number of aliphatic hydroxyl groups is 3. The second-order valence-corrected chi connectivity index (χ2v) is 7.72. The van der Waals surface area contributed by atoms with Crippen LogP contribution in [0.25, 0.3) is 0 Å². The summed E-state index contributed by atoms with van der Waals surface area (Å²) in [5.41, 5.74) is 3.16. The predicted octanol–water partition coefficient (Wildman–Crippen LogP) is 1.18. The molecule has 1 aromatic heterocycles. The van der Waals surface area contributed by atoms with Gasteiger partial charge in [0.25, 0.3) is 11.5 Å². The molecule has 0 unspecified atom stereocenters. The Bertz CT molecular complexity index is 1040. The fourth-order valence-electron chi connectivity index (χ4n) is 4.18. The molecule has 7 heteroatoms. The fourth-order valence-corrected chi connectivity index (χ4v) is 4.18. The van der Waals surface area contributed by atoms with Gasteiger partial charge < -0.3 is 15.3 Å². The number of hydrogen-bond acceptors (Lipinski definition) is 6. The Labute approximate surface area is 174 Å². The van der Waals surface area contributed by atoms with Gasteiger partial charge in [-0.25, -0.2) is 4.98 Å². The van der Waals surface area contributed by atoms with Crippen LogP contribution in [0.3, 0.4) is 0 Å². The second kappa shape index (κ2) is 8.12. The summed E-state index contributed by atoms with van der Waals surface area (Å²) in [5.74, 6) is -2.19. The Hall–Kier alpha value is -2.84. The summed E-state index contributed by atoms with van der Waals surface area (Å²) < 4.78 is 1.74. The normalized spacial score (nSPS) is 14.7. The van der Waals surface area contributed by atoms with E-state index < -0.39 is 5.97 Å². The summed E-state index contributed by atoms with van der Waals surface area (Å²) in [6.07, 6.45) is 0.424. The first-order valence-corrected chi connectivity index (χ1v) is 9.94. The molecule has 0 bridgehead atoms. The molecule has 156 valence electrons. The molecular formula is C23H25N3O4. The molecule has 0 saturated heterocycles. The maximum atomic E-state index is 13.6. The summed E-state index contributed by atoms with van der Waals surface area (Å²) in [6.45, 7) is 2.19. The van der Waals surface area contributed by atoms with Crippen LogP contribution in [0.1, 0.15) is 34.3 Å². The molecule has 0 fully saturated rings. The maximum absolute atomic E-state index is 13.6. The van der Waals surface area contributed by atoms with E-state index in [1.165, 1.54) is 0 Å². The Morgan fingerprint density at radius 3 is 2.10 bits per heavy atom. The molecular weight excluding hydrogens is 382 g/mol. The highest BCUT2D eigenvalue weighted by atomic mass is 16.7. The van der Waals surface area contributed by atoms with E-state index in [0.717, 1.165) is 11.1 Å². The highest BCUT2D eigenvalue weighted by Crippen LogP contribution is 2.27. The van der Waals surface area contributed by atoms with Crippen molar-refractivity contribution >= 4 is 0 Å². The van der Waals surface area contributed by atoms with Crippen molar-refractivity contribution in [3.63, 3.8) is 0 Å². The number of β-amino-alcohol motifs (C(OH)–C–C–N with tert-alkyl or cyclic N) is 3. The molecule has 0 aliphatic carbocycles. The monoisotopic (exact) mass is 407 g/mol. The minimum Gasteiger partial charge on any atom is -0.343 e. The van der Waals surface area contributed by atoms with Gasteiger partial charge in [-0.15, -0.1) is 0 Å². The lowest BCUT2D eigenvalue weighted by atomic mass is 9.97. The van der Waals surface area contributed by atoms with Gasteiger partial charge in [-0.3, -0.25) is 14.3 Å². The van der Waals surface area contributed by atoms with Crippen molar-refractivity contribution in [1.82, 2.24) is 14.5 Å². The van der Waals surface area contributed by atoms with Gasteiger partial charge in [-0.1, -0.05) is 60.7 Å².